The molecule has 0 radical (unpaired) electrons. The molecule has 0 aliphatic rings. The Bertz CT molecular complexity index is 362. The molecule has 0 N–H and O–H groups in total. The molecule has 1 aromatic carbocycles. The quantitative estimate of drug-likeness (QED) is 0.812. The molecule has 0 aliphatic heterocycles. The summed E-state index contributed by atoms with van der Waals surface area (Å²) < 4.78 is 5.27. The van der Waals surface area contributed by atoms with E-state index in [-0.39, 0.29) is 18.3 Å². The normalized spacial score (nSPS) is 10.5. The summed E-state index contributed by atoms with van der Waals surface area (Å²) in [5.41, 5.74) is 0. The maximum Gasteiger partial charge on any atom is 0.172 e. The van der Waals surface area contributed by atoms with Gasteiger partial charge in [0.05, 0.1) is 10.0 Å². The summed E-state index contributed by atoms with van der Waals surface area (Å²) in [5, 5.41) is 0.894. The number of hydrogen-bond donors (Lipinski definition) is 0. The fraction of sp³-hybridized carbons (Fsp3) is 0.364. The molecular formula is C11H12Cl2O2. The van der Waals surface area contributed by atoms with Crippen LogP contribution >= 0.6 is 23.2 Å². The third-order valence-electron chi connectivity index (χ3n) is 1.92. The van der Waals surface area contributed by atoms with Crippen LogP contribution < -0.4 is 4.74 Å². The van der Waals surface area contributed by atoms with Crippen molar-refractivity contribution in [3.05, 3.63) is 28.2 Å². The van der Waals surface area contributed by atoms with Gasteiger partial charge in [0.25, 0.3) is 0 Å². The summed E-state index contributed by atoms with van der Waals surface area (Å²) in [6, 6.07) is 4.92. The molecular weight excluding hydrogens is 235 g/mol. The average molecular weight is 247 g/mol. The summed E-state index contributed by atoms with van der Waals surface area (Å²) in [6.45, 7) is 3.73. The smallest absolute Gasteiger partial charge is 0.172 e. The number of carbonyl (C=O) groups excluding carboxylic acids is 1. The van der Waals surface area contributed by atoms with Crippen molar-refractivity contribution in [3.63, 3.8) is 0 Å². The molecule has 0 fully saturated rings. The second-order valence-corrected chi connectivity index (χ2v) is 4.30. The van der Waals surface area contributed by atoms with Crippen molar-refractivity contribution in [1.29, 1.82) is 0 Å². The minimum absolute atomic E-state index is 0.0206. The number of ketones is 1. The summed E-state index contributed by atoms with van der Waals surface area (Å²) in [4.78, 5) is 11.3. The van der Waals surface area contributed by atoms with Crippen molar-refractivity contribution >= 4 is 29.0 Å². The van der Waals surface area contributed by atoms with Crippen molar-refractivity contribution in [2.24, 2.45) is 5.92 Å². The first-order valence-electron chi connectivity index (χ1n) is 4.61. The van der Waals surface area contributed by atoms with Crippen LogP contribution in [0, 0.1) is 5.92 Å². The summed E-state index contributed by atoms with van der Waals surface area (Å²) >= 11 is 11.5. The number of benzene rings is 1. The number of hydrogen-bond acceptors (Lipinski definition) is 2. The first kappa shape index (κ1) is 12.3. The Morgan fingerprint density at radius 1 is 1.33 bits per heavy atom. The van der Waals surface area contributed by atoms with Crippen LogP contribution in [0.1, 0.15) is 13.8 Å². The molecule has 0 aromatic heterocycles. The molecule has 82 valence electrons. The zero-order chi connectivity index (χ0) is 11.4. The lowest BCUT2D eigenvalue weighted by Gasteiger charge is -2.07. The first-order valence-corrected chi connectivity index (χ1v) is 5.37. The molecule has 4 heteroatoms. The highest BCUT2D eigenvalue weighted by atomic mass is 35.5. The van der Waals surface area contributed by atoms with Crippen molar-refractivity contribution in [3.8, 4) is 5.75 Å². The second kappa shape index (κ2) is 5.38. The predicted octanol–water partition coefficient (Wildman–Crippen LogP) is 3.60. The van der Waals surface area contributed by atoms with Crippen molar-refractivity contribution < 1.29 is 9.53 Å². The molecule has 1 aromatic rings. The summed E-state index contributed by atoms with van der Waals surface area (Å²) in [7, 11) is 0. The fourth-order valence-electron chi connectivity index (χ4n) is 0.888. The van der Waals surface area contributed by atoms with Crippen LogP contribution in [0.15, 0.2) is 18.2 Å². The monoisotopic (exact) mass is 246 g/mol. The Morgan fingerprint density at radius 3 is 2.53 bits per heavy atom. The number of ether oxygens (including phenoxy) is 1. The van der Waals surface area contributed by atoms with E-state index in [2.05, 4.69) is 0 Å². The first-order chi connectivity index (χ1) is 7.00. The van der Waals surface area contributed by atoms with E-state index in [9.17, 15) is 4.79 Å². The Kier molecular flexibility index (Phi) is 4.43. The maximum absolute atomic E-state index is 11.3. The Morgan fingerprint density at radius 2 is 2.00 bits per heavy atom. The molecule has 0 unspecified atom stereocenters. The van der Waals surface area contributed by atoms with Crippen LogP contribution in [0.3, 0.4) is 0 Å². The largest absolute Gasteiger partial charge is 0.486 e. The summed E-state index contributed by atoms with van der Waals surface area (Å²) in [6.07, 6.45) is 0. The Labute approximate surface area is 99.1 Å². The zero-order valence-electron chi connectivity index (χ0n) is 8.59. The standard InChI is InChI=1S/C11H12Cl2O2/c1-7(2)11(14)6-15-8-3-4-9(12)10(13)5-8/h3-5,7H,6H2,1-2H3. The van der Waals surface area contributed by atoms with Crippen molar-refractivity contribution in [2.45, 2.75) is 13.8 Å². The third-order valence-corrected chi connectivity index (χ3v) is 2.66. The summed E-state index contributed by atoms with van der Waals surface area (Å²) in [5.74, 6) is 0.590. The van der Waals surface area contributed by atoms with Gasteiger partial charge in [-0.1, -0.05) is 37.0 Å². The van der Waals surface area contributed by atoms with E-state index in [4.69, 9.17) is 27.9 Å². The molecule has 1 rings (SSSR count). The van der Waals surface area contributed by atoms with Crippen LogP contribution in [-0.2, 0) is 4.79 Å². The van der Waals surface area contributed by atoms with E-state index in [1.165, 1.54) is 0 Å². The molecule has 15 heavy (non-hydrogen) atoms. The van der Waals surface area contributed by atoms with Gasteiger partial charge in [0.1, 0.15) is 12.4 Å². The lowest BCUT2D eigenvalue weighted by molar-refractivity contribution is -0.123. The second-order valence-electron chi connectivity index (χ2n) is 3.49. The van der Waals surface area contributed by atoms with Crippen molar-refractivity contribution in [1.82, 2.24) is 0 Å². The van der Waals surface area contributed by atoms with Gasteiger partial charge in [0.2, 0.25) is 0 Å². The molecule has 0 aliphatic carbocycles. The van der Waals surface area contributed by atoms with Gasteiger partial charge in [-0.2, -0.15) is 0 Å². The highest BCUT2D eigenvalue weighted by Crippen LogP contribution is 2.26. The topological polar surface area (TPSA) is 26.3 Å². The van der Waals surface area contributed by atoms with Gasteiger partial charge in [-0.05, 0) is 12.1 Å². The SMILES string of the molecule is CC(C)C(=O)COc1ccc(Cl)c(Cl)c1. The van der Waals surface area contributed by atoms with Crippen LogP contribution in [0.25, 0.3) is 0 Å². The Hall–Kier alpha value is -0.730. The lowest BCUT2D eigenvalue weighted by Crippen LogP contribution is -2.16. The van der Waals surface area contributed by atoms with Gasteiger partial charge in [-0.15, -0.1) is 0 Å². The van der Waals surface area contributed by atoms with E-state index in [0.29, 0.717) is 15.8 Å². The minimum Gasteiger partial charge on any atom is -0.486 e. The highest BCUT2D eigenvalue weighted by Gasteiger charge is 2.08. The molecule has 0 bridgehead atoms. The van der Waals surface area contributed by atoms with Gasteiger partial charge < -0.3 is 4.74 Å². The lowest BCUT2D eigenvalue weighted by atomic mass is 10.1. The molecule has 0 heterocycles. The van der Waals surface area contributed by atoms with Crippen LogP contribution in [-0.4, -0.2) is 12.4 Å². The van der Waals surface area contributed by atoms with Crippen molar-refractivity contribution in [2.75, 3.05) is 6.61 Å². The van der Waals surface area contributed by atoms with Gasteiger partial charge in [-0.25, -0.2) is 0 Å². The van der Waals surface area contributed by atoms with E-state index >= 15 is 0 Å². The molecule has 0 saturated heterocycles. The molecule has 2 nitrogen and oxygen atoms in total. The highest BCUT2D eigenvalue weighted by molar-refractivity contribution is 6.42. The van der Waals surface area contributed by atoms with Gasteiger partial charge in [-0.3, -0.25) is 4.79 Å². The average Bonchev–Trinajstić information content (AvgIpc) is 2.19. The number of rotatable bonds is 4. The van der Waals surface area contributed by atoms with Crippen LogP contribution in [0.2, 0.25) is 10.0 Å². The minimum atomic E-state index is -0.0206. The van der Waals surface area contributed by atoms with E-state index in [1.54, 1.807) is 18.2 Å². The van der Waals surface area contributed by atoms with Gasteiger partial charge in [0.15, 0.2) is 5.78 Å². The van der Waals surface area contributed by atoms with Crippen LogP contribution in [0.4, 0.5) is 0 Å². The van der Waals surface area contributed by atoms with E-state index in [1.807, 2.05) is 13.8 Å². The molecule has 0 atom stereocenters. The third kappa shape index (κ3) is 3.73. The van der Waals surface area contributed by atoms with Gasteiger partial charge >= 0.3 is 0 Å². The number of Topliss-reactive ketones (excluding diaryl/α,β-unsaturated/α-hetero) is 1. The zero-order valence-corrected chi connectivity index (χ0v) is 10.1. The predicted molar refractivity (Wildman–Crippen MR) is 61.8 cm³/mol. The number of carbonyl (C=O) groups is 1. The maximum atomic E-state index is 11.3. The van der Waals surface area contributed by atoms with E-state index < -0.39 is 0 Å². The molecule has 0 amide bonds. The van der Waals surface area contributed by atoms with Gasteiger partial charge in [0, 0.05) is 12.0 Å². The fourth-order valence-corrected chi connectivity index (χ4v) is 1.18. The van der Waals surface area contributed by atoms with E-state index in [0.717, 1.165) is 0 Å². The number of halogens is 2. The Balaban J connectivity index is 2.58. The molecule has 0 saturated carbocycles. The molecule has 0 spiro atoms. The van der Waals surface area contributed by atoms with Crippen LogP contribution in [0.5, 0.6) is 5.75 Å².